The second kappa shape index (κ2) is 8.21. The maximum atomic E-state index is 13.6. The molecule has 0 bridgehead atoms. The Bertz CT molecular complexity index is 1260. The lowest BCUT2D eigenvalue weighted by atomic mass is 9.58. The van der Waals surface area contributed by atoms with Gasteiger partial charge in [0.15, 0.2) is 11.4 Å². The summed E-state index contributed by atoms with van der Waals surface area (Å²) in [7, 11) is 4.53. The van der Waals surface area contributed by atoms with Gasteiger partial charge in [0.2, 0.25) is 5.78 Å². The Balaban J connectivity index is 1.97. The van der Waals surface area contributed by atoms with Crippen molar-refractivity contribution in [3.8, 4) is 5.75 Å². The highest BCUT2D eigenvalue weighted by Gasteiger charge is 2.63. The van der Waals surface area contributed by atoms with Crippen molar-refractivity contribution in [1.82, 2.24) is 4.90 Å². The Morgan fingerprint density at radius 2 is 1.89 bits per heavy atom. The molecule has 3 aliphatic carbocycles. The highest BCUT2D eigenvalue weighted by molar-refractivity contribution is 6.25. The number of amides is 1. The van der Waals surface area contributed by atoms with E-state index in [-0.39, 0.29) is 29.7 Å². The Morgan fingerprint density at radius 1 is 1.23 bits per heavy atom. The molecule has 0 saturated heterocycles. The minimum absolute atomic E-state index is 0.0152. The molecule has 0 spiro atoms. The minimum atomic E-state index is -2.66. The predicted molar refractivity (Wildman–Crippen MR) is 123 cm³/mol. The molecule has 186 valence electrons. The maximum absolute atomic E-state index is 13.6. The zero-order valence-corrected chi connectivity index (χ0v) is 19.7. The fourth-order valence-electron chi connectivity index (χ4n) is 5.78. The zero-order chi connectivity index (χ0) is 26.0. The van der Waals surface area contributed by atoms with Gasteiger partial charge < -0.3 is 31.0 Å². The molecule has 0 heterocycles. The van der Waals surface area contributed by atoms with E-state index in [0.717, 1.165) is 0 Å². The van der Waals surface area contributed by atoms with Crippen molar-refractivity contribution in [2.75, 3.05) is 21.2 Å². The molecule has 11 nitrogen and oxygen atoms in total. The molecule has 1 unspecified atom stereocenters. The number of aliphatic hydroxyl groups excluding tert-OH is 2. The number of carbonyl (C=O) groups is 3. The Kier molecular flexibility index (Phi) is 5.73. The molecule has 0 aliphatic heterocycles. The van der Waals surface area contributed by atoms with E-state index in [4.69, 9.17) is 10.6 Å². The second-order valence-corrected chi connectivity index (χ2v) is 9.31. The van der Waals surface area contributed by atoms with Crippen molar-refractivity contribution in [2.45, 2.75) is 31.4 Å². The Hall–Kier alpha value is -3.70. The summed E-state index contributed by atoms with van der Waals surface area (Å²) in [6.45, 7) is 1.68. The first kappa shape index (κ1) is 24.4. The Labute approximate surface area is 200 Å². The highest BCUT2D eigenvalue weighted by atomic mass is 16.6. The fourth-order valence-corrected chi connectivity index (χ4v) is 5.78. The van der Waals surface area contributed by atoms with Gasteiger partial charge in [0, 0.05) is 17.1 Å². The number of hydrogen-bond acceptors (Lipinski definition) is 10. The number of oxime groups is 1. The van der Waals surface area contributed by atoms with E-state index in [1.807, 2.05) is 0 Å². The van der Waals surface area contributed by atoms with Crippen LogP contribution in [0.25, 0.3) is 0 Å². The first-order valence-electron chi connectivity index (χ1n) is 11.0. The van der Waals surface area contributed by atoms with Crippen LogP contribution >= 0.6 is 0 Å². The van der Waals surface area contributed by atoms with Crippen molar-refractivity contribution in [3.63, 3.8) is 0 Å². The molecule has 11 heteroatoms. The summed E-state index contributed by atoms with van der Waals surface area (Å²) >= 11 is 0. The van der Waals surface area contributed by atoms with Gasteiger partial charge in [-0.2, -0.15) is 0 Å². The van der Waals surface area contributed by atoms with Crippen LogP contribution in [0.2, 0.25) is 0 Å². The number of aromatic hydroxyl groups is 1. The van der Waals surface area contributed by atoms with E-state index in [1.54, 1.807) is 27.1 Å². The van der Waals surface area contributed by atoms with Crippen molar-refractivity contribution in [3.05, 3.63) is 51.5 Å². The number of ketones is 2. The van der Waals surface area contributed by atoms with E-state index in [2.05, 4.69) is 5.16 Å². The zero-order valence-electron chi connectivity index (χ0n) is 19.7. The summed E-state index contributed by atoms with van der Waals surface area (Å²) in [5, 5.41) is 48.1. The molecule has 3 aliphatic rings. The van der Waals surface area contributed by atoms with Gasteiger partial charge in [-0.25, -0.2) is 0 Å². The van der Waals surface area contributed by atoms with Gasteiger partial charge in [-0.3, -0.25) is 19.3 Å². The number of Topliss-reactive ketones (excluding diaryl/α,β-unsaturated/α-hetero) is 2. The van der Waals surface area contributed by atoms with E-state index in [9.17, 15) is 34.8 Å². The van der Waals surface area contributed by atoms with Crippen LogP contribution in [-0.4, -0.2) is 81.4 Å². The van der Waals surface area contributed by atoms with Crippen LogP contribution < -0.4 is 5.73 Å². The smallest absolute Gasteiger partial charge is 0.255 e. The summed E-state index contributed by atoms with van der Waals surface area (Å²) in [6, 6.07) is 1.88. The van der Waals surface area contributed by atoms with Crippen LogP contribution in [0.5, 0.6) is 5.75 Å². The molecular formula is C24H27N3O8. The number of primary amides is 1. The van der Waals surface area contributed by atoms with Gasteiger partial charge in [-0.05, 0) is 57.5 Å². The van der Waals surface area contributed by atoms with Crippen LogP contribution in [0.4, 0.5) is 0 Å². The van der Waals surface area contributed by atoms with Crippen LogP contribution in [0.15, 0.2) is 40.0 Å². The first-order valence-corrected chi connectivity index (χ1v) is 11.0. The van der Waals surface area contributed by atoms with Crippen molar-refractivity contribution in [1.29, 1.82) is 0 Å². The monoisotopic (exact) mass is 485 g/mol. The van der Waals surface area contributed by atoms with Gasteiger partial charge in [0.25, 0.3) is 5.91 Å². The highest BCUT2D eigenvalue weighted by Crippen LogP contribution is 2.52. The fraction of sp³-hybridized carbons (Fsp3) is 0.417. The number of fused-ring (bicyclic) bond motifs is 3. The number of carbonyl (C=O) groups excluding carboxylic acids is 3. The van der Waals surface area contributed by atoms with Crippen molar-refractivity contribution < 1.29 is 39.6 Å². The molecule has 4 rings (SSSR count). The first-order chi connectivity index (χ1) is 16.4. The van der Waals surface area contributed by atoms with Crippen LogP contribution in [0.3, 0.4) is 0 Å². The van der Waals surface area contributed by atoms with Crippen LogP contribution in [-0.2, 0) is 20.8 Å². The summed E-state index contributed by atoms with van der Waals surface area (Å²) in [5.74, 6) is -6.86. The molecule has 0 aromatic heterocycles. The molecule has 0 fully saturated rings. The molecule has 0 saturated carbocycles. The quantitative estimate of drug-likeness (QED) is 0.230. The SMILES string of the molecule is CO/N=C(/C)c1ccc(O)c2c1C[C@H]1C[C@H]3C(N(C)C)C(O)=C(C(N)=O)C(=O)[C@@]3(O)C(O)=C1C2=O. The number of likely N-dealkylation sites (N-methyl/N-ethyl adjacent to an activating group) is 1. The maximum Gasteiger partial charge on any atom is 0.255 e. The molecule has 4 atom stereocenters. The number of rotatable bonds is 4. The standard InChI is InChI=1S/C24H27N3O8/c1-9(26-35-4)11-5-6-14(28)16-12(11)7-10-8-13-18(27(2)3)20(30)17(23(25)33)22(32)24(13,34)21(31)15(10)19(16)29/h5-6,10,13,18,28,30-31,34H,7-8H2,1-4H3,(H2,25,33)/b26-9-/t10-,13-,18?,24-/m0/s1. The third-order valence-corrected chi connectivity index (χ3v) is 7.22. The van der Waals surface area contributed by atoms with Crippen LogP contribution in [0, 0.1) is 11.8 Å². The molecule has 0 radical (unpaired) electrons. The van der Waals surface area contributed by atoms with E-state index in [1.165, 1.54) is 18.1 Å². The van der Waals surface area contributed by atoms with Gasteiger partial charge in [0.1, 0.15) is 30.0 Å². The normalized spacial score (nSPS) is 28.6. The number of allylic oxidation sites excluding steroid dienone is 1. The molecule has 6 N–H and O–H groups in total. The van der Waals surface area contributed by atoms with Gasteiger partial charge in [-0.1, -0.05) is 5.16 Å². The molecule has 1 aromatic rings. The predicted octanol–water partition coefficient (Wildman–Crippen LogP) is 0.491. The van der Waals surface area contributed by atoms with E-state index in [0.29, 0.717) is 16.8 Å². The molecular weight excluding hydrogens is 458 g/mol. The third kappa shape index (κ3) is 3.26. The lowest BCUT2D eigenvalue weighted by molar-refractivity contribution is -0.148. The van der Waals surface area contributed by atoms with Gasteiger partial charge >= 0.3 is 0 Å². The summed E-state index contributed by atoms with van der Waals surface area (Å²) in [5.41, 5.74) is 3.05. The molecule has 35 heavy (non-hydrogen) atoms. The third-order valence-electron chi connectivity index (χ3n) is 7.22. The number of nitrogens with zero attached hydrogens (tertiary/aromatic N) is 2. The average Bonchev–Trinajstić information content (AvgIpc) is 2.76. The number of phenols is 1. The number of benzene rings is 1. The number of phenolic OH excluding ortho intramolecular Hbond substituents is 1. The average molecular weight is 485 g/mol. The van der Waals surface area contributed by atoms with Crippen LogP contribution in [0.1, 0.15) is 34.8 Å². The molecule has 1 aromatic carbocycles. The minimum Gasteiger partial charge on any atom is -0.510 e. The van der Waals surface area contributed by atoms with Crippen molar-refractivity contribution in [2.24, 2.45) is 22.7 Å². The van der Waals surface area contributed by atoms with Gasteiger partial charge in [-0.15, -0.1) is 0 Å². The number of hydrogen-bond donors (Lipinski definition) is 5. The summed E-state index contributed by atoms with van der Waals surface area (Å²) in [6.07, 6.45) is 0.191. The van der Waals surface area contributed by atoms with E-state index >= 15 is 0 Å². The van der Waals surface area contributed by atoms with E-state index < -0.39 is 58.0 Å². The second-order valence-electron chi connectivity index (χ2n) is 9.31. The number of nitrogens with two attached hydrogens (primary N) is 1. The summed E-state index contributed by atoms with van der Waals surface area (Å²) in [4.78, 5) is 45.2. The lowest BCUT2D eigenvalue weighted by Crippen LogP contribution is -2.63. The Morgan fingerprint density at radius 3 is 2.46 bits per heavy atom. The van der Waals surface area contributed by atoms with Crippen molar-refractivity contribution >= 4 is 23.2 Å². The van der Waals surface area contributed by atoms with Gasteiger partial charge in [0.05, 0.1) is 17.3 Å². The lowest BCUT2D eigenvalue weighted by Gasteiger charge is -2.50. The molecule has 1 amide bonds. The number of aliphatic hydroxyl groups is 3. The topological polar surface area (TPSA) is 183 Å². The largest absolute Gasteiger partial charge is 0.510 e. The summed E-state index contributed by atoms with van der Waals surface area (Å²) < 4.78 is 0.